The highest BCUT2D eigenvalue weighted by molar-refractivity contribution is 6.25. The van der Waals surface area contributed by atoms with Crippen molar-refractivity contribution in [2.24, 2.45) is 0 Å². The van der Waals surface area contributed by atoms with Gasteiger partial charge in [-0.25, -0.2) is 0 Å². The first-order chi connectivity index (χ1) is 19.4. The Bertz CT molecular complexity index is 2030. The molecule has 7 aromatic rings. The van der Waals surface area contributed by atoms with Gasteiger partial charge in [-0.1, -0.05) is 140 Å². The SMILES string of the molecule is c1ccc(C2=C(c3ccccc3)c3cccc(-c4ccc5c6ccccc6c6ccccc6c5c4)c3C2)cc1. The molecule has 39 heavy (non-hydrogen) atoms. The summed E-state index contributed by atoms with van der Waals surface area (Å²) in [5.74, 6) is 0. The van der Waals surface area contributed by atoms with Gasteiger partial charge in [0.2, 0.25) is 0 Å². The molecule has 0 nitrogen and oxygen atoms in total. The highest BCUT2D eigenvalue weighted by atomic mass is 14.3. The molecule has 0 radical (unpaired) electrons. The summed E-state index contributed by atoms with van der Waals surface area (Å²) < 4.78 is 0. The van der Waals surface area contributed by atoms with Crippen LogP contribution in [0.4, 0.5) is 0 Å². The molecule has 0 saturated carbocycles. The maximum atomic E-state index is 2.42. The maximum Gasteiger partial charge on any atom is -0.000111 e. The average molecular weight is 495 g/mol. The van der Waals surface area contributed by atoms with Crippen LogP contribution in [0.15, 0.2) is 146 Å². The van der Waals surface area contributed by atoms with Crippen LogP contribution >= 0.6 is 0 Å². The van der Waals surface area contributed by atoms with E-state index in [4.69, 9.17) is 0 Å². The van der Waals surface area contributed by atoms with Crippen molar-refractivity contribution in [2.45, 2.75) is 6.42 Å². The monoisotopic (exact) mass is 494 g/mol. The van der Waals surface area contributed by atoms with Crippen LogP contribution in [0.3, 0.4) is 0 Å². The lowest BCUT2D eigenvalue weighted by Gasteiger charge is -2.14. The minimum absolute atomic E-state index is 0.927. The van der Waals surface area contributed by atoms with Crippen molar-refractivity contribution < 1.29 is 0 Å². The number of hydrogen-bond donors (Lipinski definition) is 0. The number of rotatable bonds is 3. The Labute approximate surface area is 228 Å². The van der Waals surface area contributed by atoms with E-state index in [0.717, 1.165) is 6.42 Å². The molecule has 0 amide bonds. The molecule has 0 bridgehead atoms. The van der Waals surface area contributed by atoms with Crippen LogP contribution in [0.2, 0.25) is 0 Å². The molecule has 0 aromatic heterocycles. The van der Waals surface area contributed by atoms with Gasteiger partial charge in [0.1, 0.15) is 0 Å². The van der Waals surface area contributed by atoms with Crippen molar-refractivity contribution in [3.05, 3.63) is 168 Å². The Morgan fingerprint density at radius 1 is 0.333 bits per heavy atom. The molecule has 0 saturated heterocycles. The fourth-order valence-electron chi connectivity index (χ4n) is 6.61. The molecular formula is C39H26. The van der Waals surface area contributed by atoms with Gasteiger partial charge in [-0.3, -0.25) is 0 Å². The van der Waals surface area contributed by atoms with Crippen molar-refractivity contribution >= 4 is 43.5 Å². The molecule has 1 aliphatic rings. The molecule has 182 valence electrons. The molecule has 0 atom stereocenters. The van der Waals surface area contributed by atoms with Crippen LogP contribution in [0.1, 0.15) is 22.3 Å². The van der Waals surface area contributed by atoms with Crippen LogP contribution < -0.4 is 0 Å². The predicted octanol–water partition coefficient (Wildman–Crippen LogP) is 10.3. The fourth-order valence-corrected chi connectivity index (χ4v) is 6.61. The van der Waals surface area contributed by atoms with E-state index in [9.17, 15) is 0 Å². The Morgan fingerprint density at radius 2 is 0.846 bits per heavy atom. The molecule has 0 spiro atoms. The minimum atomic E-state index is 0.927. The Kier molecular flexibility index (Phi) is 5.00. The van der Waals surface area contributed by atoms with E-state index in [1.165, 1.54) is 76.8 Å². The van der Waals surface area contributed by atoms with E-state index in [1.807, 2.05) is 0 Å². The van der Waals surface area contributed by atoms with E-state index in [1.54, 1.807) is 0 Å². The molecule has 7 aromatic carbocycles. The van der Waals surface area contributed by atoms with Crippen LogP contribution in [0, 0.1) is 0 Å². The van der Waals surface area contributed by atoms with E-state index in [2.05, 4.69) is 146 Å². The maximum absolute atomic E-state index is 2.42. The quantitative estimate of drug-likeness (QED) is 0.214. The number of hydrogen-bond acceptors (Lipinski definition) is 0. The van der Waals surface area contributed by atoms with Crippen LogP contribution in [0.5, 0.6) is 0 Å². The van der Waals surface area contributed by atoms with Crippen molar-refractivity contribution in [1.29, 1.82) is 0 Å². The summed E-state index contributed by atoms with van der Waals surface area (Å²) in [4.78, 5) is 0. The summed E-state index contributed by atoms with van der Waals surface area (Å²) in [6, 6.07) is 53.3. The topological polar surface area (TPSA) is 0 Å². The van der Waals surface area contributed by atoms with Crippen LogP contribution in [-0.4, -0.2) is 0 Å². The lowest BCUT2D eigenvalue weighted by atomic mass is 9.89. The lowest BCUT2D eigenvalue weighted by Crippen LogP contribution is -1.92. The van der Waals surface area contributed by atoms with Crippen molar-refractivity contribution in [3.63, 3.8) is 0 Å². The third kappa shape index (κ3) is 3.46. The second-order valence-electron chi connectivity index (χ2n) is 10.4. The Hall–Kier alpha value is -4.94. The first-order valence-electron chi connectivity index (χ1n) is 13.7. The standard InChI is InChI=1S/C39H26/c1-3-12-26(13-4-1)36-25-38-29(20-11-21-35(38)39(36)27-14-5-2-6-15-27)28-22-23-34-32-18-8-7-16-30(32)31-17-9-10-19-33(31)37(34)24-28/h1-24H,25H2. The van der Waals surface area contributed by atoms with E-state index in [0.29, 0.717) is 0 Å². The van der Waals surface area contributed by atoms with E-state index in [-0.39, 0.29) is 0 Å². The molecule has 0 heteroatoms. The Balaban J connectivity index is 1.37. The van der Waals surface area contributed by atoms with Crippen molar-refractivity contribution in [3.8, 4) is 11.1 Å². The second kappa shape index (κ2) is 8.82. The molecular weight excluding hydrogens is 468 g/mol. The summed E-state index contributed by atoms with van der Waals surface area (Å²) in [6.07, 6.45) is 0.927. The zero-order chi connectivity index (χ0) is 25.8. The van der Waals surface area contributed by atoms with Gasteiger partial charge in [0.15, 0.2) is 0 Å². The predicted molar refractivity (Wildman–Crippen MR) is 167 cm³/mol. The summed E-state index contributed by atoms with van der Waals surface area (Å²) in [6.45, 7) is 0. The van der Waals surface area contributed by atoms with Gasteiger partial charge in [0.25, 0.3) is 0 Å². The fraction of sp³-hybridized carbons (Fsp3) is 0.0256. The zero-order valence-corrected chi connectivity index (χ0v) is 21.6. The van der Waals surface area contributed by atoms with Gasteiger partial charge in [-0.15, -0.1) is 0 Å². The summed E-state index contributed by atoms with van der Waals surface area (Å²) in [5.41, 5.74) is 10.7. The smallest absolute Gasteiger partial charge is 0.000111 e. The molecule has 0 N–H and O–H groups in total. The highest BCUT2D eigenvalue weighted by Crippen LogP contribution is 2.46. The third-order valence-electron chi connectivity index (χ3n) is 8.34. The Morgan fingerprint density at radius 3 is 1.49 bits per heavy atom. The van der Waals surface area contributed by atoms with Gasteiger partial charge < -0.3 is 0 Å². The largest absolute Gasteiger partial charge is 0.0622 e. The average Bonchev–Trinajstić information content (AvgIpc) is 3.42. The summed E-state index contributed by atoms with van der Waals surface area (Å²) in [7, 11) is 0. The second-order valence-corrected chi connectivity index (χ2v) is 10.4. The number of fused-ring (bicyclic) bond motifs is 7. The van der Waals surface area contributed by atoms with Gasteiger partial charge in [-0.05, 0) is 89.3 Å². The van der Waals surface area contributed by atoms with Crippen molar-refractivity contribution in [2.75, 3.05) is 0 Å². The van der Waals surface area contributed by atoms with E-state index >= 15 is 0 Å². The summed E-state index contributed by atoms with van der Waals surface area (Å²) >= 11 is 0. The first-order valence-corrected chi connectivity index (χ1v) is 13.7. The first kappa shape index (κ1) is 22.1. The zero-order valence-electron chi connectivity index (χ0n) is 21.6. The molecule has 0 heterocycles. The van der Waals surface area contributed by atoms with Gasteiger partial charge in [-0.2, -0.15) is 0 Å². The summed E-state index contributed by atoms with van der Waals surface area (Å²) in [5, 5.41) is 7.89. The molecule has 0 fully saturated rings. The molecule has 8 rings (SSSR count). The van der Waals surface area contributed by atoms with Gasteiger partial charge in [0.05, 0.1) is 0 Å². The van der Waals surface area contributed by atoms with Gasteiger partial charge >= 0.3 is 0 Å². The lowest BCUT2D eigenvalue weighted by molar-refractivity contribution is 1.32. The van der Waals surface area contributed by atoms with Crippen molar-refractivity contribution in [1.82, 2.24) is 0 Å². The molecule has 1 aliphatic carbocycles. The van der Waals surface area contributed by atoms with Crippen LogP contribution in [-0.2, 0) is 6.42 Å². The molecule has 0 aliphatic heterocycles. The van der Waals surface area contributed by atoms with Gasteiger partial charge in [0, 0.05) is 0 Å². The minimum Gasteiger partial charge on any atom is -0.0622 e. The van der Waals surface area contributed by atoms with E-state index < -0.39 is 0 Å². The third-order valence-corrected chi connectivity index (χ3v) is 8.34. The highest BCUT2D eigenvalue weighted by Gasteiger charge is 2.26. The normalized spacial score (nSPS) is 12.9. The molecule has 0 unspecified atom stereocenters. The number of benzene rings is 7. The van der Waals surface area contributed by atoms with Crippen LogP contribution in [0.25, 0.3) is 54.6 Å². The number of allylic oxidation sites excluding steroid dienone is 1.